The number of hydrogen-bond acceptors (Lipinski definition) is 3. The highest BCUT2D eigenvalue weighted by molar-refractivity contribution is 6.17. The molecule has 2 atom stereocenters. The molecule has 3 nitrogen and oxygen atoms in total. The molecule has 0 aromatic heterocycles. The van der Waals surface area contributed by atoms with E-state index >= 15 is 0 Å². The molecule has 16 heavy (non-hydrogen) atoms. The first-order chi connectivity index (χ1) is 7.60. The van der Waals surface area contributed by atoms with E-state index < -0.39 is 18.0 Å². The summed E-state index contributed by atoms with van der Waals surface area (Å²) in [5.41, 5.74) is 6.02. The van der Waals surface area contributed by atoms with Gasteiger partial charge in [-0.1, -0.05) is 12.1 Å². The zero-order valence-electron chi connectivity index (χ0n) is 8.74. The van der Waals surface area contributed by atoms with Crippen LogP contribution in [0.3, 0.4) is 0 Å². The fraction of sp³-hybridized carbons (Fsp3) is 0.455. The van der Waals surface area contributed by atoms with Crippen LogP contribution in [-0.2, 0) is 6.54 Å². The lowest BCUT2D eigenvalue weighted by Crippen LogP contribution is -2.19. The smallest absolute Gasteiger partial charge is 0.128 e. The van der Waals surface area contributed by atoms with Crippen molar-refractivity contribution in [1.29, 1.82) is 0 Å². The molecular weight excluding hydrogens is 233 g/mol. The summed E-state index contributed by atoms with van der Waals surface area (Å²) in [6.07, 6.45) is -1.86. The molecule has 1 rings (SSSR count). The van der Waals surface area contributed by atoms with E-state index in [1.807, 2.05) is 0 Å². The molecule has 4 N–H and O–H groups in total. The maximum atomic E-state index is 13.4. The van der Waals surface area contributed by atoms with Crippen molar-refractivity contribution in [3.8, 4) is 0 Å². The standard InChI is InChI=1S/C11H15ClFNO2/c12-4-3-10(15)11(16)7-1-2-8(6-14)9(13)5-7/h1-2,5,10-11,15-16H,3-4,6,14H2. The van der Waals surface area contributed by atoms with Crippen molar-refractivity contribution in [1.82, 2.24) is 0 Å². The molecule has 0 aliphatic carbocycles. The summed E-state index contributed by atoms with van der Waals surface area (Å²) in [7, 11) is 0. The molecule has 0 saturated carbocycles. The summed E-state index contributed by atoms with van der Waals surface area (Å²) in [5.74, 6) is -0.237. The number of alkyl halides is 1. The first-order valence-electron chi connectivity index (χ1n) is 5.00. The predicted molar refractivity (Wildman–Crippen MR) is 60.6 cm³/mol. The van der Waals surface area contributed by atoms with Crippen molar-refractivity contribution in [2.75, 3.05) is 5.88 Å². The summed E-state index contributed by atoms with van der Waals surface area (Å²) in [4.78, 5) is 0. The fourth-order valence-corrected chi connectivity index (χ4v) is 1.63. The van der Waals surface area contributed by atoms with Gasteiger partial charge in [-0.2, -0.15) is 0 Å². The first kappa shape index (κ1) is 13.4. The number of halogens is 2. The molecule has 90 valence electrons. The van der Waals surface area contributed by atoms with Crippen LogP contribution in [0.5, 0.6) is 0 Å². The first-order valence-corrected chi connectivity index (χ1v) is 5.54. The topological polar surface area (TPSA) is 66.5 Å². The van der Waals surface area contributed by atoms with Gasteiger partial charge < -0.3 is 15.9 Å². The minimum atomic E-state index is -1.12. The maximum Gasteiger partial charge on any atom is 0.128 e. The van der Waals surface area contributed by atoms with Crippen molar-refractivity contribution in [2.45, 2.75) is 25.2 Å². The Morgan fingerprint density at radius 3 is 2.56 bits per heavy atom. The minimum Gasteiger partial charge on any atom is -0.390 e. The molecule has 2 unspecified atom stereocenters. The lowest BCUT2D eigenvalue weighted by Gasteiger charge is -2.17. The van der Waals surface area contributed by atoms with Crippen LogP contribution in [0, 0.1) is 5.82 Å². The Morgan fingerprint density at radius 1 is 1.38 bits per heavy atom. The largest absolute Gasteiger partial charge is 0.390 e. The molecule has 0 fully saturated rings. The maximum absolute atomic E-state index is 13.4. The third-order valence-corrected chi connectivity index (χ3v) is 2.63. The van der Waals surface area contributed by atoms with E-state index in [-0.39, 0.29) is 18.8 Å². The van der Waals surface area contributed by atoms with Crippen LogP contribution in [0.4, 0.5) is 4.39 Å². The van der Waals surface area contributed by atoms with Crippen LogP contribution in [-0.4, -0.2) is 22.2 Å². The van der Waals surface area contributed by atoms with Crippen LogP contribution >= 0.6 is 11.6 Å². The third kappa shape index (κ3) is 3.15. The lowest BCUT2D eigenvalue weighted by atomic mass is 10.0. The molecule has 0 bridgehead atoms. The van der Waals surface area contributed by atoms with E-state index in [0.29, 0.717) is 11.1 Å². The summed E-state index contributed by atoms with van der Waals surface area (Å²) in [6.45, 7) is 0.104. The van der Waals surface area contributed by atoms with E-state index in [9.17, 15) is 14.6 Å². The Hall–Kier alpha value is -0.680. The Kier molecular flexibility index (Phi) is 5.15. The molecule has 1 aromatic rings. The van der Waals surface area contributed by atoms with Crippen LogP contribution in [0.2, 0.25) is 0 Å². The number of rotatable bonds is 5. The average Bonchev–Trinajstić information content (AvgIpc) is 2.28. The SMILES string of the molecule is NCc1ccc(C(O)C(O)CCCl)cc1F. The van der Waals surface area contributed by atoms with Gasteiger partial charge in [-0.3, -0.25) is 0 Å². The fourth-order valence-electron chi connectivity index (χ4n) is 1.40. The second kappa shape index (κ2) is 6.15. The molecule has 0 heterocycles. The van der Waals surface area contributed by atoms with Gasteiger partial charge in [0.05, 0.1) is 6.10 Å². The van der Waals surface area contributed by atoms with Crippen molar-refractivity contribution in [2.24, 2.45) is 5.73 Å². The molecule has 5 heteroatoms. The van der Waals surface area contributed by atoms with E-state index in [1.54, 1.807) is 6.07 Å². The molecule has 1 aromatic carbocycles. The average molecular weight is 248 g/mol. The minimum absolute atomic E-state index is 0.104. The van der Waals surface area contributed by atoms with Crippen LogP contribution in [0.1, 0.15) is 23.7 Å². The van der Waals surface area contributed by atoms with Gasteiger partial charge >= 0.3 is 0 Å². The monoisotopic (exact) mass is 247 g/mol. The normalized spacial score (nSPS) is 14.8. The van der Waals surface area contributed by atoms with Gasteiger partial charge in [0.1, 0.15) is 11.9 Å². The molecule has 0 aliphatic heterocycles. The zero-order chi connectivity index (χ0) is 12.1. The number of aliphatic hydroxyl groups excluding tert-OH is 2. The molecule has 0 spiro atoms. The van der Waals surface area contributed by atoms with Crippen molar-refractivity contribution >= 4 is 11.6 Å². The second-order valence-corrected chi connectivity index (χ2v) is 3.92. The lowest BCUT2D eigenvalue weighted by molar-refractivity contribution is 0.0168. The molecule has 0 aliphatic rings. The van der Waals surface area contributed by atoms with Crippen LogP contribution in [0.25, 0.3) is 0 Å². The molecule has 0 amide bonds. The summed E-state index contributed by atoms with van der Waals surface area (Å²) < 4.78 is 13.4. The van der Waals surface area contributed by atoms with Crippen LogP contribution in [0.15, 0.2) is 18.2 Å². The quantitative estimate of drug-likeness (QED) is 0.688. The Balaban J connectivity index is 2.84. The zero-order valence-corrected chi connectivity index (χ0v) is 9.49. The number of benzene rings is 1. The predicted octanol–water partition coefficient (Wildman–Crippen LogP) is 1.31. The van der Waals surface area contributed by atoms with E-state index in [1.165, 1.54) is 12.1 Å². The van der Waals surface area contributed by atoms with Gasteiger partial charge in [-0.25, -0.2) is 4.39 Å². The van der Waals surface area contributed by atoms with Crippen LogP contribution < -0.4 is 5.73 Å². The highest BCUT2D eigenvalue weighted by atomic mass is 35.5. The van der Waals surface area contributed by atoms with Crippen molar-refractivity contribution in [3.05, 3.63) is 35.1 Å². The number of nitrogens with two attached hydrogens (primary N) is 1. The number of hydrogen-bond donors (Lipinski definition) is 3. The van der Waals surface area contributed by atoms with Gasteiger partial charge in [-0.15, -0.1) is 11.6 Å². The van der Waals surface area contributed by atoms with Gasteiger partial charge in [0.25, 0.3) is 0 Å². The van der Waals surface area contributed by atoms with Crippen molar-refractivity contribution < 1.29 is 14.6 Å². The van der Waals surface area contributed by atoms with Gasteiger partial charge in [0.15, 0.2) is 0 Å². The van der Waals surface area contributed by atoms with E-state index in [2.05, 4.69) is 0 Å². The Morgan fingerprint density at radius 2 is 2.06 bits per heavy atom. The molecule has 0 saturated heterocycles. The van der Waals surface area contributed by atoms with Gasteiger partial charge in [-0.05, 0) is 18.1 Å². The van der Waals surface area contributed by atoms with E-state index in [4.69, 9.17) is 17.3 Å². The number of aliphatic hydroxyl groups is 2. The summed E-state index contributed by atoms with van der Waals surface area (Å²) >= 11 is 5.45. The summed E-state index contributed by atoms with van der Waals surface area (Å²) in [5, 5.41) is 19.2. The summed E-state index contributed by atoms with van der Waals surface area (Å²) in [6, 6.07) is 4.24. The second-order valence-electron chi connectivity index (χ2n) is 3.54. The van der Waals surface area contributed by atoms with Crippen molar-refractivity contribution in [3.63, 3.8) is 0 Å². The highest BCUT2D eigenvalue weighted by Gasteiger charge is 2.18. The Labute approximate surface area is 98.7 Å². The van der Waals surface area contributed by atoms with E-state index in [0.717, 1.165) is 0 Å². The third-order valence-electron chi connectivity index (χ3n) is 2.41. The highest BCUT2D eigenvalue weighted by Crippen LogP contribution is 2.21. The molecule has 0 radical (unpaired) electrons. The Bertz CT molecular complexity index is 349. The van der Waals surface area contributed by atoms with Gasteiger partial charge in [0, 0.05) is 18.0 Å². The molecular formula is C11H15ClFNO2. The van der Waals surface area contributed by atoms with Gasteiger partial charge in [0.2, 0.25) is 0 Å².